The number of hydrogen-bond acceptors (Lipinski definition) is 3. The molecule has 4 rings (SSSR count). The summed E-state index contributed by atoms with van der Waals surface area (Å²) in [5, 5.41) is 0. The first kappa shape index (κ1) is 15.3. The molecule has 0 aromatic carbocycles. The van der Waals surface area contributed by atoms with Crippen LogP contribution in [0.3, 0.4) is 0 Å². The zero-order valence-electron chi connectivity index (χ0n) is 13.8. The molecule has 3 heteroatoms. The van der Waals surface area contributed by atoms with Crippen molar-refractivity contribution >= 4 is 5.97 Å². The maximum atomic E-state index is 11.4. The second kappa shape index (κ2) is 6.28. The molecule has 0 spiro atoms. The van der Waals surface area contributed by atoms with E-state index in [-0.39, 0.29) is 5.97 Å². The Morgan fingerprint density at radius 3 is 2.19 bits per heavy atom. The molecule has 21 heavy (non-hydrogen) atoms. The van der Waals surface area contributed by atoms with Crippen molar-refractivity contribution in [2.24, 2.45) is 23.2 Å². The van der Waals surface area contributed by atoms with E-state index in [9.17, 15) is 4.79 Å². The summed E-state index contributed by atoms with van der Waals surface area (Å²) in [6.07, 6.45) is 10.9. The van der Waals surface area contributed by atoms with Gasteiger partial charge in [0.05, 0.1) is 13.0 Å². The predicted octanol–water partition coefficient (Wildman–Crippen LogP) is 3.48. The van der Waals surface area contributed by atoms with Crippen molar-refractivity contribution < 1.29 is 9.53 Å². The molecule has 0 saturated heterocycles. The second-order valence-corrected chi connectivity index (χ2v) is 8.03. The molecule has 0 N–H and O–H groups in total. The smallest absolute Gasteiger partial charge is 0.307 e. The van der Waals surface area contributed by atoms with Gasteiger partial charge in [-0.3, -0.25) is 4.79 Å². The van der Waals surface area contributed by atoms with Crippen LogP contribution in [-0.2, 0) is 9.53 Å². The minimum atomic E-state index is -0.0563. The molecule has 4 bridgehead atoms. The quantitative estimate of drug-likeness (QED) is 0.673. The fraction of sp³-hybridized carbons (Fsp3) is 0.944. The molecule has 4 saturated carbocycles. The molecule has 120 valence electrons. The number of ether oxygens (including phenoxy) is 1. The first-order chi connectivity index (χ1) is 10.1. The Morgan fingerprint density at radius 2 is 1.67 bits per heavy atom. The Hall–Kier alpha value is -0.570. The lowest BCUT2D eigenvalue weighted by molar-refractivity contribution is -0.143. The molecule has 0 atom stereocenters. The summed E-state index contributed by atoms with van der Waals surface area (Å²) in [6, 6.07) is 0. The molecule has 3 nitrogen and oxygen atoms in total. The number of esters is 1. The molecule has 4 aliphatic rings. The zero-order chi connectivity index (χ0) is 14.9. The van der Waals surface area contributed by atoms with E-state index in [4.69, 9.17) is 4.74 Å². The molecule has 4 fully saturated rings. The minimum Gasteiger partial charge on any atom is -0.466 e. The molecule has 0 aromatic heterocycles. The van der Waals surface area contributed by atoms with E-state index < -0.39 is 0 Å². The Bertz CT molecular complexity index is 344. The third kappa shape index (κ3) is 3.61. The lowest BCUT2D eigenvalue weighted by atomic mass is 9.49. The number of hydrogen-bond donors (Lipinski definition) is 0. The summed E-state index contributed by atoms with van der Waals surface area (Å²) in [5.41, 5.74) is 0.660. The molecule has 0 aliphatic heterocycles. The summed E-state index contributed by atoms with van der Waals surface area (Å²) in [4.78, 5) is 13.8. The Kier molecular flexibility index (Phi) is 4.58. The number of nitrogens with zero attached hydrogens (tertiary/aromatic N) is 1. The highest BCUT2D eigenvalue weighted by Crippen LogP contribution is 2.61. The van der Waals surface area contributed by atoms with Crippen molar-refractivity contribution in [3.8, 4) is 0 Å². The minimum absolute atomic E-state index is 0.0563. The SMILES string of the molecule is CCOC(=O)CCN(C)CCC12CC3CC(CC(C3)C1)C2. The average molecular weight is 293 g/mol. The van der Waals surface area contributed by atoms with Crippen LogP contribution in [0.15, 0.2) is 0 Å². The molecular weight excluding hydrogens is 262 g/mol. The highest BCUT2D eigenvalue weighted by molar-refractivity contribution is 5.69. The fourth-order valence-electron chi connectivity index (χ4n) is 5.65. The van der Waals surface area contributed by atoms with Crippen molar-refractivity contribution in [3.05, 3.63) is 0 Å². The maximum absolute atomic E-state index is 11.4. The third-order valence-electron chi connectivity index (χ3n) is 6.19. The maximum Gasteiger partial charge on any atom is 0.307 e. The van der Waals surface area contributed by atoms with Gasteiger partial charge in [-0.25, -0.2) is 0 Å². The van der Waals surface area contributed by atoms with Crippen molar-refractivity contribution in [1.82, 2.24) is 4.90 Å². The average Bonchev–Trinajstić information content (AvgIpc) is 2.42. The van der Waals surface area contributed by atoms with Gasteiger partial charge < -0.3 is 9.64 Å². The van der Waals surface area contributed by atoms with Crippen LogP contribution in [0.5, 0.6) is 0 Å². The predicted molar refractivity (Wildman–Crippen MR) is 84.0 cm³/mol. The van der Waals surface area contributed by atoms with Crippen molar-refractivity contribution in [3.63, 3.8) is 0 Å². The Balaban J connectivity index is 1.43. The van der Waals surface area contributed by atoms with E-state index in [1.807, 2.05) is 6.92 Å². The summed E-state index contributed by atoms with van der Waals surface area (Å²) in [6.45, 7) is 4.35. The van der Waals surface area contributed by atoms with E-state index >= 15 is 0 Å². The van der Waals surface area contributed by atoms with Crippen molar-refractivity contribution in [2.75, 3.05) is 26.7 Å². The van der Waals surface area contributed by atoms with Crippen LogP contribution in [0.25, 0.3) is 0 Å². The number of rotatable bonds is 7. The van der Waals surface area contributed by atoms with E-state index in [0.717, 1.165) is 30.8 Å². The van der Waals surface area contributed by atoms with Crippen LogP contribution in [0.1, 0.15) is 58.3 Å². The van der Waals surface area contributed by atoms with E-state index in [0.29, 0.717) is 18.4 Å². The van der Waals surface area contributed by atoms with Gasteiger partial charge in [0.2, 0.25) is 0 Å². The number of carbonyl (C=O) groups excluding carboxylic acids is 1. The van der Waals surface area contributed by atoms with Crippen molar-refractivity contribution in [1.29, 1.82) is 0 Å². The van der Waals surface area contributed by atoms with Gasteiger partial charge in [0.25, 0.3) is 0 Å². The van der Waals surface area contributed by atoms with Gasteiger partial charge in [-0.2, -0.15) is 0 Å². The topological polar surface area (TPSA) is 29.5 Å². The molecular formula is C18H31NO2. The molecule has 0 unspecified atom stereocenters. The number of carbonyl (C=O) groups is 1. The van der Waals surface area contributed by atoms with Crippen LogP contribution in [0.2, 0.25) is 0 Å². The first-order valence-electron chi connectivity index (χ1n) is 8.93. The van der Waals surface area contributed by atoms with E-state index in [1.54, 1.807) is 0 Å². The van der Waals surface area contributed by atoms with Gasteiger partial charge in [0, 0.05) is 6.54 Å². The van der Waals surface area contributed by atoms with Gasteiger partial charge >= 0.3 is 5.97 Å². The highest BCUT2D eigenvalue weighted by atomic mass is 16.5. The summed E-state index contributed by atoms with van der Waals surface area (Å²) >= 11 is 0. The van der Waals surface area contributed by atoms with Gasteiger partial charge in [-0.05, 0) is 88.6 Å². The molecule has 0 radical (unpaired) electrons. The molecule has 4 aliphatic carbocycles. The summed E-state index contributed by atoms with van der Waals surface area (Å²) < 4.78 is 5.01. The van der Waals surface area contributed by atoms with Crippen molar-refractivity contribution in [2.45, 2.75) is 58.3 Å². The normalized spacial score (nSPS) is 37.2. The third-order valence-corrected chi connectivity index (χ3v) is 6.19. The second-order valence-electron chi connectivity index (χ2n) is 8.03. The summed E-state index contributed by atoms with van der Waals surface area (Å²) in [5.74, 6) is 3.07. The van der Waals surface area contributed by atoms with Crippen LogP contribution in [0, 0.1) is 23.2 Å². The van der Waals surface area contributed by atoms with Crippen LogP contribution in [-0.4, -0.2) is 37.6 Å². The van der Waals surface area contributed by atoms with Gasteiger partial charge in [0.15, 0.2) is 0 Å². The van der Waals surface area contributed by atoms with Crippen LogP contribution in [0.4, 0.5) is 0 Å². The van der Waals surface area contributed by atoms with E-state index in [1.165, 1.54) is 44.9 Å². The standard InChI is InChI=1S/C18H31NO2/c1-3-21-17(20)4-6-19(2)7-5-18-11-14-8-15(12-18)10-16(9-14)13-18/h14-16H,3-13H2,1-2H3. The zero-order valence-corrected chi connectivity index (χ0v) is 13.8. The molecule has 0 amide bonds. The van der Waals surface area contributed by atoms with Crippen LogP contribution < -0.4 is 0 Å². The lowest BCUT2D eigenvalue weighted by Gasteiger charge is -2.57. The Labute approximate surface area is 129 Å². The monoisotopic (exact) mass is 293 g/mol. The molecule has 0 aromatic rings. The highest BCUT2D eigenvalue weighted by Gasteiger charge is 2.50. The van der Waals surface area contributed by atoms with Crippen LogP contribution >= 0.6 is 0 Å². The molecule has 0 heterocycles. The largest absolute Gasteiger partial charge is 0.466 e. The van der Waals surface area contributed by atoms with Gasteiger partial charge in [-0.1, -0.05) is 0 Å². The van der Waals surface area contributed by atoms with E-state index in [2.05, 4.69) is 11.9 Å². The summed E-state index contributed by atoms with van der Waals surface area (Å²) in [7, 11) is 2.15. The first-order valence-corrected chi connectivity index (χ1v) is 8.93. The fourth-order valence-corrected chi connectivity index (χ4v) is 5.65. The Morgan fingerprint density at radius 1 is 1.10 bits per heavy atom. The van der Waals surface area contributed by atoms with Gasteiger partial charge in [0.1, 0.15) is 0 Å². The lowest BCUT2D eigenvalue weighted by Crippen LogP contribution is -2.47. The van der Waals surface area contributed by atoms with Gasteiger partial charge in [-0.15, -0.1) is 0 Å².